The molecule has 5 nitrogen and oxygen atoms in total. The molecular formula is C11H15ClF4N4O. The third-order valence-corrected chi connectivity index (χ3v) is 2.90. The second kappa shape index (κ2) is 7.19. The van der Waals surface area contributed by atoms with Gasteiger partial charge in [-0.15, -0.1) is 12.4 Å². The van der Waals surface area contributed by atoms with Crippen LogP contribution in [0, 0.1) is 0 Å². The summed E-state index contributed by atoms with van der Waals surface area (Å²) in [5.41, 5.74) is -0.275. The van der Waals surface area contributed by atoms with Gasteiger partial charge < -0.3 is 15.4 Å². The van der Waals surface area contributed by atoms with Gasteiger partial charge in [-0.1, -0.05) is 0 Å². The lowest BCUT2D eigenvalue weighted by molar-refractivity contribution is -0.278. The van der Waals surface area contributed by atoms with Gasteiger partial charge in [0.05, 0.1) is 24.3 Å². The maximum absolute atomic E-state index is 12.9. The van der Waals surface area contributed by atoms with Crippen LogP contribution in [0.1, 0.15) is 18.9 Å². The average molecular weight is 331 g/mol. The fourth-order valence-electron chi connectivity index (χ4n) is 1.79. The molecule has 10 heteroatoms. The van der Waals surface area contributed by atoms with Crippen molar-refractivity contribution in [3.05, 3.63) is 18.0 Å². The summed E-state index contributed by atoms with van der Waals surface area (Å²) in [6, 6.07) is -0.354. The third-order valence-electron chi connectivity index (χ3n) is 2.90. The standard InChI is InChI=1S/C11H14F4N4O.ClH/c1-6-8(19-5-11(14,15)20-6)4-18-10-16-2-7(3-17-10)9(12)13;/h2-3,6,8-9,19H,4-5H2,1H3,(H,16,17,18);1H/t6-,8+;/m0./s1. The van der Waals surface area contributed by atoms with Crippen LogP contribution < -0.4 is 10.6 Å². The van der Waals surface area contributed by atoms with Crippen LogP contribution >= 0.6 is 12.4 Å². The molecule has 2 rings (SSSR count). The first kappa shape index (κ1) is 17.9. The normalized spacial score (nSPS) is 24.5. The van der Waals surface area contributed by atoms with Gasteiger partial charge in [-0.2, -0.15) is 8.78 Å². The number of ether oxygens (including phenoxy) is 1. The van der Waals surface area contributed by atoms with Gasteiger partial charge in [0, 0.05) is 18.9 Å². The summed E-state index contributed by atoms with van der Waals surface area (Å²) in [5.74, 6) is 0.153. The largest absolute Gasteiger partial charge is 0.368 e. The quantitative estimate of drug-likeness (QED) is 0.829. The fourth-order valence-corrected chi connectivity index (χ4v) is 1.79. The number of anilines is 1. The van der Waals surface area contributed by atoms with Crippen LogP contribution in [-0.4, -0.2) is 41.3 Å². The second-order valence-electron chi connectivity index (χ2n) is 4.47. The van der Waals surface area contributed by atoms with Gasteiger partial charge in [-0.25, -0.2) is 18.7 Å². The topological polar surface area (TPSA) is 59.1 Å². The average Bonchev–Trinajstić information content (AvgIpc) is 2.37. The van der Waals surface area contributed by atoms with Gasteiger partial charge in [0.1, 0.15) is 0 Å². The number of aromatic nitrogens is 2. The molecule has 2 atom stereocenters. The van der Waals surface area contributed by atoms with Crippen LogP contribution in [0.3, 0.4) is 0 Å². The zero-order chi connectivity index (χ0) is 14.8. The van der Waals surface area contributed by atoms with Crippen LogP contribution in [0.25, 0.3) is 0 Å². The Morgan fingerprint density at radius 3 is 2.57 bits per heavy atom. The van der Waals surface area contributed by atoms with E-state index in [2.05, 4.69) is 25.3 Å². The maximum Gasteiger partial charge on any atom is 0.368 e. The SMILES string of the molecule is C[C@@H]1OC(F)(F)CN[C@@H]1CNc1ncc(C(F)F)cn1.Cl. The molecule has 1 aromatic rings. The van der Waals surface area contributed by atoms with Crippen molar-refractivity contribution in [3.63, 3.8) is 0 Å². The van der Waals surface area contributed by atoms with E-state index in [1.165, 1.54) is 6.92 Å². The summed E-state index contributed by atoms with van der Waals surface area (Å²) in [5, 5.41) is 5.43. The minimum absolute atomic E-state index is 0. The Morgan fingerprint density at radius 1 is 1.43 bits per heavy atom. The summed E-state index contributed by atoms with van der Waals surface area (Å²) in [4.78, 5) is 7.44. The van der Waals surface area contributed by atoms with Gasteiger partial charge in [0.25, 0.3) is 6.43 Å². The molecule has 1 fully saturated rings. The van der Waals surface area contributed by atoms with E-state index in [-0.39, 0.29) is 36.5 Å². The van der Waals surface area contributed by atoms with Gasteiger partial charge in [-0.3, -0.25) is 0 Å². The van der Waals surface area contributed by atoms with Crippen molar-refractivity contribution in [2.45, 2.75) is 31.6 Å². The Morgan fingerprint density at radius 2 is 2.05 bits per heavy atom. The van der Waals surface area contributed by atoms with Crippen molar-refractivity contribution in [1.29, 1.82) is 0 Å². The molecule has 0 amide bonds. The summed E-state index contributed by atoms with van der Waals surface area (Å²) >= 11 is 0. The summed E-state index contributed by atoms with van der Waals surface area (Å²) < 4.78 is 55.0. The van der Waals surface area contributed by atoms with E-state index in [1.54, 1.807) is 0 Å². The van der Waals surface area contributed by atoms with E-state index in [0.29, 0.717) is 0 Å². The summed E-state index contributed by atoms with van der Waals surface area (Å²) in [7, 11) is 0. The zero-order valence-electron chi connectivity index (χ0n) is 11.0. The smallest absolute Gasteiger partial charge is 0.353 e. The van der Waals surface area contributed by atoms with Gasteiger partial charge >= 0.3 is 6.11 Å². The number of rotatable bonds is 4. The molecule has 1 saturated heterocycles. The van der Waals surface area contributed by atoms with Gasteiger partial charge in [-0.05, 0) is 6.92 Å². The number of nitrogens with one attached hydrogen (secondary N) is 2. The lowest BCUT2D eigenvalue weighted by Crippen LogP contribution is -2.57. The molecule has 0 unspecified atom stereocenters. The van der Waals surface area contributed by atoms with E-state index in [9.17, 15) is 17.6 Å². The number of hydrogen-bond donors (Lipinski definition) is 2. The molecule has 1 aliphatic rings. The Balaban J connectivity index is 0.00000220. The Hall–Kier alpha value is -1.19. The Labute approximate surface area is 124 Å². The van der Waals surface area contributed by atoms with E-state index in [4.69, 9.17) is 0 Å². The van der Waals surface area contributed by atoms with Crippen molar-refractivity contribution in [2.24, 2.45) is 0 Å². The monoisotopic (exact) mass is 330 g/mol. The number of hydrogen-bond acceptors (Lipinski definition) is 5. The molecule has 0 saturated carbocycles. The molecule has 2 heterocycles. The first-order chi connectivity index (χ1) is 9.37. The van der Waals surface area contributed by atoms with Crippen molar-refractivity contribution in [1.82, 2.24) is 15.3 Å². The molecule has 120 valence electrons. The van der Waals surface area contributed by atoms with Crippen LogP contribution in [0.15, 0.2) is 12.4 Å². The Kier molecular flexibility index (Phi) is 6.11. The molecule has 0 aliphatic carbocycles. The number of alkyl halides is 4. The highest BCUT2D eigenvalue weighted by Crippen LogP contribution is 2.23. The number of halogens is 5. The second-order valence-corrected chi connectivity index (χ2v) is 4.47. The predicted molar refractivity (Wildman–Crippen MR) is 70.0 cm³/mol. The van der Waals surface area contributed by atoms with Gasteiger partial charge in [0.2, 0.25) is 5.95 Å². The zero-order valence-corrected chi connectivity index (χ0v) is 11.8. The fraction of sp³-hybridized carbons (Fsp3) is 0.636. The Bertz CT molecular complexity index is 448. The predicted octanol–water partition coefficient (Wildman–Crippen LogP) is 2.22. The number of nitrogens with zero attached hydrogens (tertiary/aromatic N) is 2. The molecule has 0 bridgehead atoms. The minimum atomic E-state index is -3.18. The van der Waals surface area contributed by atoms with Crippen molar-refractivity contribution in [3.8, 4) is 0 Å². The summed E-state index contributed by atoms with van der Waals surface area (Å²) in [6.45, 7) is 1.19. The first-order valence-electron chi connectivity index (χ1n) is 6.00. The van der Waals surface area contributed by atoms with Gasteiger partial charge in [0.15, 0.2) is 0 Å². The molecule has 1 aliphatic heterocycles. The molecule has 0 aromatic carbocycles. The van der Waals surface area contributed by atoms with E-state index in [0.717, 1.165) is 12.4 Å². The molecule has 0 radical (unpaired) electrons. The highest BCUT2D eigenvalue weighted by molar-refractivity contribution is 5.85. The van der Waals surface area contributed by atoms with E-state index in [1.807, 2.05) is 0 Å². The number of morpholine rings is 1. The molecule has 0 spiro atoms. The van der Waals surface area contributed by atoms with Crippen LogP contribution in [0.2, 0.25) is 0 Å². The van der Waals surface area contributed by atoms with E-state index < -0.39 is 25.2 Å². The van der Waals surface area contributed by atoms with Crippen molar-refractivity contribution >= 4 is 18.4 Å². The highest BCUT2D eigenvalue weighted by atomic mass is 35.5. The summed E-state index contributed by atoms with van der Waals surface area (Å²) in [6.07, 6.45) is -4.47. The van der Waals surface area contributed by atoms with Crippen LogP contribution in [-0.2, 0) is 4.74 Å². The van der Waals surface area contributed by atoms with Crippen LogP contribution in [0.5, 0.6) is 0 Å². The molecule has 21 heavy (non-hydrogen) atoms. The highest BCUT2D eigenvalue weighted by Gasteiger charge is 2.40. The molecule has 1 aromatic heterocycles. The molecular weight excluding hydrogens is 316 g/mol. The molecule has 2 N–H and O–H groups in total. The lowest BCUT2D eigenvalue weighted by atomic mass is 10.1. The van der Waals surface area contributed by atoms with Crippen LogP contribution in [0.4, 0.5) is 23.5 Å². The third kappa shape index (κ3) is 4.94. The minimum Gasteiger partial charge on any atom is -0.353 e. The van der Waals surface area contributed by atoms with Crippen molar-refractivity contribution < 1.29 is 22.3 Å². The maximum atomic E-state index is 12.9. The lowest BCUT2D eigenvalue weighted by Gasteiger charge is -2.35. The van der Waals surface area contributed by atoms with Crippen molar-refractivity contribution in [2.75, 3.05) is 18.4 Å². The van der Waals surface area contributed by atoms with E-state index >= 15 is 0 Å². The first-order valence-corrected chi connectivity index (χ1v) is 6.00.